The molecule has 11 heteroatoms. The lowest BCUT2D eigenvalue weighted by molar-refractivity contribution is -0.137. The van der Waals surface area contributed by atoms with E-state index in [1.807, 2.05) is 6.92 Å². The fraction of sp³-hybridized carbons (Fsp3) is 0.160. The van der Waals surface area contributed by atoms with Gasteiger partial charge in [-0.15, -0.1) is 10.2 Å². The van der Waals surface area contributed by atoms with Crippen LogP contribution in [0.3, 0.4) is 0 Å². The summed E-state index contributed by atoms with van der Waals surface area (Å²) in [6.45, 7) is 1.37. The standard InChI is InChI=1S/C25H17Cl2F4N3O2/c1-13-5-7-18-21(9-13)33-34-24(36-16-4-2-3-14(10-16)25(29,30)31)22(18)23(35)32-12-20(28)17-8-6-15(26)11-19(17)27/h2-11,20H,12H2,1H3,(H,32,35)/t20-/m0/s1. The van der Waals surface area contributed by atoms with Gasteiger partial charge in [-0.1, -0.05) is 47.5 Å². The highest BCUT2D eigenvalue weighted by Crippen LogP contribution is 2.34. The van der Waals surface area contributed by atoms with Crippen LogP contribution in [0, 0.1) is 6.92 Å². The highest BCUT2D eigenvalue weighted by Gasteiger charge is 2.31. The zero-order valence-corrected chi connectivity index (χ0v) is 20.0. The number of nitrogens with one attached hydrogen (secondary N) is 1. The summed E-state index contributed by atoms with van der Waals surface area (Å²) in [5.41, 5.74) is 0.294. The molecule has 0 saturated carbocycles. The van der Waals surface area contributed by atoms with Crippen molar-refractivity contribution < 1.29 is 27.1 Å². The van der Waals surface area contributed by atoms with Gasteiger partial charge in [0.25, 0.3) is 11.8 Å². The van der Waals surface area contributed by atoms with Crippen LogP contribution in [0.15, 0.2) is 60.7 Å². The van der Waals surface area contributed by atoms with E-state index in [0.29, 0.717) is 15.9 Å². The van der Waals surface area contributed by atoms with Crippen LogP contribution in [0.5, 0.6) is 11.6 Å². The van der Waals surface area contributed by atoms with Crippen molar-refractivity contribution in [3.8, 4) is 11.6 Å². The molecular formula is C25H17Cl2F4N3O2. The van der Waals surface area contributed by atoms with Crippen molar-refractivity contribution in [2.45, 2.75) is 19.3 Å². The molecule has 0 fully saturated rings. The number of benzene rings is 3. The van der Waals surface area contributed by atoms with Crippen molar-refractivity contribution >= 4 is 40.0 Å². The Morgan fingerprint density at radius 2 is 1.83 bits per heavy atom. The Bertz CT molecular complexity index is 1450. The fourth-order valence-corrected chi connectivity index (χ4v) is 4.00. The second kappa shape index (κ2) is 10.3. The van der Waals surface area contributed by atoms with E-state index in [4.69, 9.17) is 27.9 Å². The van der Waals surface area contributed by atoms with Crippen LogP contribution in [0.1, 0.15) is 33.2 Å². The highest BCUT2D eigenvalue weighted by molar-refractivity contribution is 6.35. The first-order chi connectivity index (χ1) is 17.0. The Hall–Kier alpha value is -3.43. The fourth-order valence-electron chi connectivity index (χ4n) is 3.47. The van der Waals surface area contributed by atoms with Crippen LogP contribution >= 0.6 is 23.2 Å². The van der Waals surface area contributed by atoms with Crippen molar-refractivity contribution in [3.63, 3.8) is 0 Å². The van der Waals surface area contributed by atoms with Crippen LogP contribution < -0.4 is 10.1 Å². The molecule has 1 amide bonds. The van der Waals surface area contributed by atoms with Crippen molar-refractivity contribution in [2.75, 3.05) is 6.54 Å². The van der Waals surface area contributed by atoms with Crippen LogP contribution in [0.2, 0.25) is 10.0 Å². The summed E-state index contributed by atoms with van der Waals surface area (Å²) in [4.78, 5) is 13.2. The quantitative estimate of drug-likeness (QED) is 0.258. The van der Waals surface area contributed by atoms with Gasteiger partial charge in [-0.2, -0.15) is 13.2 Å². The molecule has 186 valence electrons. The number of nitrogens with zero attached hydrogens (tertiary/aromatic N) is 2. The van der Waals surface area contributed by atoms with Crippen molar-refractivity contribution in [1.29, 1.82) is 0 Å². The Labute approximate surface area is 213 Å². The number of rotatable bonds is 6. The number of alkyl halides is 4. The molecule has 1 heterocycles. The number of aryl methyl sites for hydroxylation is 1. The minimum Gasteiger partial charge on any atom is -0.437 e. The number of carbonyl (C=O) groups excluding carboxylic acids is 1. The molecule has 0 saturated heterocycles. The largest absolute Gasteiger partial charge is 0.437 e. The van der Waals surface area contributed by atoms with E-state index in [2.05, 4.69) is 15.5 Å². The maximum atomic E-state index is 14.9. The first-order valence-corrected chi connectivity index (χ1v) is 11.3. The van der Waals surface area contributed by atoms with Gasteiger partial charge >= 0.3 is 6.18 Å². The SMILES string of the molecule is Cc1ccc2c(C(=O)NC[C@H](F)c3ccc(Cl)cc3Cl)c(Oc3cccc(C(F)(F)F)c3)nnc2c1. The third kappa shape index (κ3) is 5.68. The first kappa shape index (κ1) is 25.7. The Kier molecular flexibility index (Phi) is 7.33. The molecule has 0 aliphatic carbocycles. The van der Waals surface area contributed by atoms with Gasteiger partial charge in [0.15, 0.2) is 0 Å². The zero-order chi connectivity index (χ0) is 26.0. The number of hydrogen-bond acceptors (Lipinski definition) is 4. The number of aromatic nitrogens is 2. The van der Waals surface area contributed by atoms with Gasteiger partial charge in [0.2, 0.25) is 0 Å². The summed E-state index contributed by atoms with van der Waals surface area (Å²) in [5, 5.41) is 11.2. The van der Waals surface area contributed by atoms with Gasteiger partial charge in [0, 0.05) is 21.0 Å². The van der Waals surface area contributed by atoms with Gasteiger partial charge in [0.1, 0.15) is 17.5 Å². The van der Waals surface area contributed by atoms with Gasteiger partial charge in [-0.3, -0.25) is 4.79 Å². The molecule has 4 rings (SSSR count). The predicted molar refractivity (Wildman–Crippen MR) is 128 cm³/mol. The maximum absolute atomic E-state index is 14.9. The third-order valence-electron chi connectivity index (χ3n) is 5.23. The van der Waals surface area contributed by atoms with Gasteiger partial charge in [-0.05, 0) is 48.9 Å². The van der Waals surface area contributed by atoms with Gasteiger partial charge in [-0.25, -0.2) is 4.39 Å². The number of amides is 1. The predicted octanol–water partition coefficient (Wildman–Crippen LogP) is 7.50. The van der Waals surface area contributed by atoms with Crippen molar-refractivity contribution in [2.24, 2.45) is 0 Å². The van der Waals surface area contributed by atoms with E-state index in [9.17, 15) is 22.4 Å². The Morgan fingerprint density at radius 1 is 1.06 bits per heavy atom. The lowest BCUT2D eigenvalue weighted by Crippen LogP contribution is -2.28. The van der Waals surface area contributed by atoms with E-state index < -0.39 is 30.4 Å². The van der Waals surface area contributed by atoms with Crippen molar-refractivity contribution in [3.05, 3.63) is 93.0 Å². The van der Waals surface area contributed by atoms with E-state index in [1.165, 1.54) is 30.3 Å². The number of fused-ring (bicyclic) bond motifs is 1. The highest BCUT2D eigenvalue weighted by atomic mass is 35.5. The first-order valence-electron chi connectivity index (χ1n) is 10.5. The van der Waals surface area contributed by atoms with Gasteiger partial charge in [0.05, 0.1) is 17.6 Å². The molecule has 1 atom stereocenters. The molecule has 4 aromatic rings. The lowest BCUT2D eigenvalue weighted by Gasteiger charge is -2.15. The minimum absolute atomic E-state index is 0.101. The Morgan fingerprint density at radius 3 is 2.56 bits per heavy atom. The number of carbonyl (C=O) groups is 1. The summed E-state index contributed by atoms with van der Waals surface area (Å²) < 4.78 is 59.8. The van der Waals surface area contributed by atoms with E-state index in [-0.39, 0.29) is 27.8 Å². The minimum atomic E-state index is -4.59. The molecule has 0 radical (unpaired) electrons. The summed E-state index contributed by atoms with van der Waals surface area (Å²) in [6, 6.07) is 13.4. The molecule has 1 N–H and O–H groups in total. The summed E-state index contributed by atoms with van der Waals surface area (Å²) in [7, 11) is 0. The average Bonchev–Trinajstić information content (AvgIpc) is 2.82. The molecule has 36 heavy (non-hydrogen) atoms. The molecular weight excluding hydrogens is 521 g/mol. The molecule has 3 aromatic carbocycles. The summed E-state index contributed by atoms with van der Waals surface area (Å²) in [5.74, 6) is -1.28. The molecule has 0 unspecified atom stereocenters. The third-order valence-corrected chi connectivity index (χ3v) is 5.79. The van der Waals surface area contributed by atoms with E-state index >= 15 is 0 Å². The second-order valence-electron chi connectivity index (χ2n) is 7.87. The topological polar surface area (TPSA) is 64.1 Å². The van der Waals surface area contributed by atoms with E-state index in [0.717, 1.165) is 17.7 Å². The van der Waals surface area contributed by atoms with Gasteiger partial charge < -0.3 is 10.1 Å². The second-order valence-corrected chi connectivity index (χ2v) is 8.72. The molecule has 0 aliphatic rings. The number of halogens is 6. The normalized spacial score (nSPS) is 12.4. The number of ether oxygens (including phenoxy) is 1. The van der Waals surface area contributed by atoms with E-state index in [1.54, 1.807) is 18.2 Å². The van der Waals surface area contributed by atoms with Crippen LogP contribution in [-0.2, 0) is 6.18 Å². The zero-order valence-electron chi connectivity index (χ0n) is 18.5. The van der Waals surface area contributed by atoms with Crippen LogP contribution in [-0.4, -0.2) is 22.6 Å². The van der Waals surface area contributed by atoms with Crippen molar-refractivity contribution in [1.82, 2.24) is 15.5 Å². The summed E-state index contributed by atoms with van der Waals surface area (Å²) in [6.07, 6.45) is -6.25. The van der Waals surface area contributed by atoms with Crippen LogP contribution in [0.4, 0.5) is 17.6 Å². The molecule has 0 spiro atoms. The monoisotopic (exact) mass is 537 g/mol. The average molecular weight is 538 g/mol. The van der Waals surface area contributed by atoms with Crippen LogP contribution in [0.25, 0.3) is 10.9 Å². The molecule has 0 aliphatic heterocycles. The lowest BCUT2D eigenvalue weighted by atomic mass is 10.1. The Balaban J connectivity index is 1.67. The molecule has 0 bridgehead atoms. The maximum Gasteiger partial charge on any atom is 0.416 e. The smallest absolute Gasteiger partial charge is 0.416 e. The molecule has 5 nitrogen and oxygen atoms in total. The summed E-state index contributed by atoms with van der Waals surface area (Å²) >= 11 is 11.9. The number of hydrogen-bond donors (Lipinski definition) is 1. The molecule has 1 aromatic heterocycles.